The molecule has 1 N–H and O–H groups in total. The molecule has 1 aliphatic carbocycles. The number of sulfonamides is 1. The van der Waals surface area contributed by atoms with Gasteiger partial charge in [-0.1, -0.05) is 12.8 Å². The van der Waals surface area contributed by atoms with Crippen LogP contribution in [0.1, 0.15) is 66.4 Å². The van der Waals surface area contributed by atoms with Crippen LogP contribution in [0.2, 0.25) is 0 Å². The fourth-order valence-electron chi connectivity index (χ4n) is 5.06. The minimum Gasteiger partial charge on any atom is -0.487 e. The summed E-state index contributed by atoms with van der Waals surface area (Å²) < 4.78 is 104. The Morgan fingerprint density at radius 2 is 1.87 bits per heavy atom. The third-order valence-corrected chi connectivity index (χ3v) is 9.88. The van der Waals surface area contributed by atoms with E-state index in [1.807, 2.05) is 0 Å². The number of fused-ring (bicyclic) bond motifs is 1. The lowest BCUT2D eigenvalue weighted by Crippen LogP contribution is -2.45. The lowest BCUT2D eigenvalue weighted by atomic mass is 10.0. The highest BCUT2D eigenvalue weighted by molar-refractivity contribution is 7.89. The molecule has 0 saturated heterocycles. The Hall–Kier alpha value is -2.52. The third kappa shape index (κ3) is 6.30. The van der Waals surface area contributed by atoms with Crippen molar-refractivity contribution in [2.24, 2.45) is 0 Å². The number of carboxylic acid groups (broad SMARTS) is 1. The van der Waals surface area contributed by atoms with Crippen LogP contribution in [0.4, 0.5) is 27.6 Å². The number of benzene rings is 1. The van der Waals surface area contributed by atoms with Gasteiger partial charge in [0.05, 0.1) is 21.6 Å². The van der Waals surface area contributed by atoms with Gasteiger partial charge in [-0.15, -0.1) is 11.3 Å². The molecule has 1 aliphatic heterocycles. The molecule has 1 aromatic heterocycles. The molecule has 8 nitrogen and oxygen atoms in total. The number of likely N-dealkylation sites (N-methyl/N-ethyl adjacent to an activating group) is 1. The van der Waals surface area contributed by atoms with Crippen LogP contribution in [0.5, 0.6) is 5.75 Å². The maximum atomic E-state index is 14.2. The summed E-state index contributed by atoms with van der Waals surface area (Å²) in [6.45, 7) is 0.119. The zero-order valence-corrected chi connectivity index (χ0v) is 22.8. The first-order chi connectivity index (χ1) is 18.1. The molecule has 2 aliphatic rings. The number of halogens is 5. The van der Waals surface area contributed by atoms with Crippen molar-refractivity contribution in [3.05, 3.63) is 33.8 Å². The van der Waals surface area contributed by atoms with E-state index < -0.39 is 63.4 Å². The van der Waals surface area contributed by atoms with Gasteiger partial charge in [0, 0.05) is 38.2 Å². The summed E-state index contributed by atoms with van der Waals surface area (Å²) in [4.78, 5) is 16.3. The number of ether oxygens (including phenoxy) is 1. The number of aromatic carboxylic acids is 1. The molecular formula is C24H28F5N3O5S2. The average Bonchev–Trinajstić information content (AvgIpc) is 3.52. The fourth-order valence-corrected chi connectivity index (χ4v) is 7.29. The molecule has 2 aromatic rings. The third-order valence-electron chi connectivity index (χ3n) is 7.14. The molecule has 0 radical (unpaired) electrons. The molecule has 2 heterocycles. The predicted molar refractivity (Wildman–Crippen MR) is 133 cm³/mol. The van der Waals surface area contributed by atoms with Crippen LogP contribution >= 0.6 is 11.3 Å². The number of alkyl halides is 5. The van der Waals surface area contributed by atoms with Gasteiger partial charge in [0.1, 0.15) is 17.3 Å². The summed E-state index contributed by atoms with van der Waals surface area (Å²) in [5, 5.41) is 9.25. The standard InChI is InChI=1S/C24H28F5N3O5S2/c1-23(25,26)8-7-15-11-32(14-5-3-4-6-14)17-9-16(24(27,28)29)18(10-20(17)39(35,36)31(15)2)37-12-19-21(22(33)34)30-13-38-19/h9-10,13-15H,3-8,11-12H2,1-2H3,(H,33,34)/t15-/m1/s1. The molecule has 0 unspecified atom stereocenters. The van der Waals surface area contributed by atoms with Crippen molar-refractivity contribution in [1.29, 1.82) is 0 Å². The van der Waals surface area contributed by atoms with Gasteiger partial charge in [0.2, 0.25) is 15.9 Å². The smallest absolute Gasteiger partial charge is 0.420 e. The Balaban J connectivity index is 1.82. The van der Waals surface area contributed by atoms with Crippen molar-refractivity contribution in [2.75, 3.05) is 18.5 Å². The SMILES string of the molecule is CN1[C@H](CCC(C)(F)F)CN(C2CCCC2)c2cc(C(F)(F)F)c(OCc3scnc3C(=O)O)cc2S1(=O)=O. The number of nitrogens with zero attached hydrogens (tertiary/aromatic N) is 3. The van der Waals surface area contributed by atoms with Gasteiger partial charge in [0.25, 0.3) is 0 Å². The molecule has 0 amide bonds. The maximum absolute atomic E-state index is 14.2. The van der Waals surface area contributed by atoms with E-state index in [1.165, 1.54) is 12.6 Å². The largest absolute Gasteiger partial charge is 0.487 e. The molecule has 0 spiro atoms. The maximum Gasteiger partial charge on any atom is 0.420 e. The van der Waals surface area contributed by atoms with Gasteiger partial charge in [-0.25, -0.2) is 27.0 Å². The van der Waals surface area contributed by atoms with Crippen molar-refractivity contribution >= 4 is 33.0 Å². The number of carbonyl (C=O) groups is 1. The predicted octanol–water partition coefficient (Wildman–Crippen LogP) is 5.63. The quantitative estimate of drug-likeness (QED) is 0.394. The van der Waals surface area contributed by atoms with Crippen molar-refractivity contribution < 1.29 is 45.0 Å². The molecule has 1 saturated carbocycles. The summed E-state index contributed by atoms with van der Waals surface area (Å²) in [5.74, 6) is -5.21. The van der Waals surface area contributed by atoms with Crippen molar-refractivity contribution in [3.63, 3.8) is 0 Å². The van der Waals surface area contributed by atoms with Crippen LogP contribution in [0.15, 0.2) is 22.5 Å². The number of anilines is 1. The monoisotopic (exact) mass is 597 g/mol. The highest BCUT2D eigenvalue weighted by Gasteiger charge is 2.43. The zero-order chi connectivity index (χ0) is 28.8. The first kappa shape index (κ1) is 29.5. The topological polar surface area (TPSA) is 100 Å². The Bertz CT molecular complexity index is 1320. The Kier molecular flexibility index (Phi) is 8.16. The molecule has 1 aromatic carbocycles. The molecule has 1 fully saturated rings. The van der Waals surface area contributed by atoms with E-state index in [2.05, 4.69) is 4.98 Å². The zero-order valence-electron chi connectivity index (χ0n) is 21.2. The first-order valence-electron chi connectivity index (χ1n) is 12.3. The Morgan fingerprint density at radius 3 is 2.46 bits per heavy atom. The van der Waals surface area contributed by atoms with E-state index in [-0.39, 0.29) is 35.3 Å². The van der Waals surface area contributed by atoms with Gasteiger partial charge in [-0.2, -0.15) is 17.5 Å². The average molecular weight is 598 g/mol. The second-order valence-electron chi connectivity index (χ2n) is 9.91. The number of rotatable bonds is 8. The van der Waals surface area contributed by atoms with E-state index in [0.717, 1.165) is 47.5 Å². The highest BCUT2D eigenvalue weighted by atomic mass is 32.2. The van der Waals surface area contributed by atoms with Gasteiger partial charge < -0.3 is 14.7 Å². The Labute approximate surface area is 226 Å². The van der Waals surface area contributed by atoms with Gasteiger partial charge in [-0.05, 0) is 32.3 Å². The number of carboxylic acids is 1. The number of hydrogen-bond acceptors (Lipinski definition) is 7. The van der Waals surface area contributed by atoms with E-state index in [9.17, 15) is 40.3 Å². The highest BCUT2D eigenvalue weighted by Crippen LogP contribution is 2.46. The van der Waals surface area contributed by atoms with E-state index in [4.69, 9.17) is 4.74 Å². The molecule has 15 heteroatoms. The number of thiazole rings is 1. The Morgan fingerprint density at radius 1 is 1.21 bits per heavy atom. The number of aromatic nitrogens is 1. The molecular weight excluding hydrogens is 569 g/mol. The lowest BCUT2D eigenvalue weighted by Gasteiger charge is -2.34. The summed E-state index contributed by atoms with van der Waals surface area (Å²) >= 11 is 0.873. The summed E-state index contributed by atoms with van der Waals surface area (Å²) in [6.07, 6.45) is -2.83. The van der Waals surface area contributed by atoms with Crippen LogP contribution in [-0.2, 0) is 22.8 Å². The first-order valence-corrected chi connectivity index (χ1v) is 14.6. The molecule has 1 atom stereocenters. The van der Waals surface area contributed by atoms with Crippen LogP contribution in [0, 0.1) is 0 Å². The van der Waals surface area contributed by atoms with Crippen LogP contribution in [0.3, 0.4) is 0 Å². The minimum atomic E-state index is -4.93. The van der Waals surface area contributed by atoms with Gasteiger partial charge in [0.15, 0.2) is 5.69 Å². The van der Waals surface area contributed by atoms with Crippen molar-refractivity contribution in [2.45, 2.75) is 81.1 Å². The van der Waals surface area contributed by atoms with E-state index in [0.29, 0.717) is 12.8 Å². The number of hydrogen-bond donors (Lipinski definition) is 1. The fraction of sp³-hybridized carbons (Fsp3) is 0.583. The second-order valence-corrected chi connectivity index (χ2v) is 12.8. The lowest BCUT2D eigenvalue weighted by molar-refractivity contribution is -0.139. The summed E-state index contributed by atoms with van der Waals surface area (Å²) in [5.41, 5.74) is -0.535. The molecule has 216 valence electrons. The summed E-state index contributed by atoms with van der Waals surface area (Å²) in [6, 6.07) is 0.404. The van der Waals surface area contributed by atoms with Crippen molar-refractivity contribution in [3.8, 4) is 5.75 Å². The van der Waals surface area contributed by atoms with Gasteiger partial charge in [-0.3, -0.25) is 0 Å². The van der Waals surface area contributed by atoms with Crippen LogP contribution < -0.4 is 9.64 Å². The normalized spacial score (nSPS) is 20.6. The molecule has 4 rings (SSSR count). The molecule has 0 bridgehead atoms. The van der Waals surface area contributed by atoms with Crippen LogP contribution in [0.25, 0.3) is 0 Å². The van der Waals surface area contributed by atoms with Crippen LogP contribution in [-0.4, -0.2) is 60.4 Å². The molecule has 39 heavy (non-hydrogen) atoms. The second kappa shape index (κ2) is 10.8. The van der Waals surface area contributed by atoms with Crippen molar-refractivity contribution in [1.82, 2.24) is 9.29 Å². The van der Waals surface area contributed by atoms with E-state index >= 15 is 0 Å². The van der Waals surface area contributed by atoms with Gasteiger partial charge >= 0.3 is 12.1 Å². The van der Waals surface area contributed by atoms with E-state index in [1.54, 1.807) is 4.90 Å². The summed E-state index contributed by atoms with van der Waals surface area (Å²) in [7, 11) is -3.18. The minimum absolute atomic E-state index is 0.0379.